The number of nitrogens with zero attached hydrogens (tertiary/aromatic N) is 3. The molecule has 0 bridgehead atoms. The van der Waals surface area contributed by atoms with E-state index in [1.54, 1.807) is 16.8 Å². The molecule has 1 aliphatic rings. The summed E-state index contributed by atoms with van der Waals surface area (Å²) in [6, 6.07) is 24.9. The highest BCUT2D eigenvalue weighted by molar-refractivity contribution is 5.83. The molecule has 4 nitrogen and oxygen atoms in total. The summed E-state index contributed by atoms with van der Waals surface area (Å²) in [4.78, 5) is 15.9. The van der Waals surface area contributed by atoms with Gasteiger partial charge in [-0.1, -0.05) is 60.7 Å². The topological polar surface area (TPSA) is 38.1 Å². The van der Waals surface area contributed by atoms with E-state index in [9.17, 15) is 9.18 Å². The average Bonchev–Trinajstić information content (AvgIpc) is 3.12. The molecular weight excluding hydrogens is 461 g/mol. The van der Waals surface area contributed by atoms with Gasteiger partial charge >= 0.3 is 1.43 Å². The van der Waals surface area contributed by atoms with Crippen LogP contribution in [0, 0.1) is 5.82 Å². The smallest absolute Gasteiger partial charge is 1.00 e. The highest BCUT2D eigenvalue weighted by Crippen LogP contribution is 2.24. The quantitative estimate of drug-likeness (QED) is 0.416. The largest absolute Gasteiger partial charge is 1.00 e. The Balaban J connectivity index is 0.00000180. The van der Waals surface area contributed by atoms with Crippen LogP contribution in [0.5, 0.6) is 0 Å². The summed E-state index contributed by atoms with van der Waals surface area (Å²) < 4.78 is 15.1. The van der Waals surface area contributed by atoms with Gasteiger partial charge in [0.15, 0.2) is 0 Å². The van der Waals surface area contributed by atoms with Gasteiger partial charge in [0, 0.05) is 24.9 Å². The molecule has 1 aromatic heterocycles. The molecule has 1 fully saturated rings. The Morgan fingerprint density at radius 3 is 2.34 bits per heavy atom. The van der Waals surface area contributed by atoms with E-state index in [-0.39, 0.29) is 31.3 Å². The molecule has 6 heteroatoms. The summed E-state index contributed by atoms with van der Waals surface area (Å²) in [5.41, 5.74) is 3.20. The molecule has 0 aliphatic carbocycles. The second-order valence-electron chi connectivity index (χ2n) is 9.21. The number of rotatable bonds is 6. The maximum atomic E-state index is 13.4. The third-order valence-electron chi connectivity index (χ3n) is 6.89. The van der Waals surface area contributed by atoms with Gasteiger partial charge in [0.2, 0.25) is 0 Å². The number of halogens is 2. The fourth-order valence-electron chi connectivity index (χ4n) is 4.99. The zero-order valence-electron chi connectivity index (χ0n) is 20.7. The van der Waals surface area contributed by atoms with Gasteiger partial charge in [-0.05, 0) is 61.6 Å². The molecule has 1 aliphatic heterocycles. The van der Waals surface area contributed by atoms with Gasteiger partial charge in [-0.2, -0.15) is 5.10 Å². The molecule has 5 rings (SSSR count). The van der Waals surface area contributed by atoms with E-state index < -0.39 is 0 Å². The van der Waals surface area contributed by atoms with Crippen molar-refractivity contribution in [1.82, 2.24) is 14.7 Å². The molecule has 35 heavy (non-hydrogen) atoms. The first kappa shape index (κ1) is 25.1. The number of hydrogen-bond acceptors (Lipinski definition) is 3. The van der Waals surface area contributed by atoms with Crippen LogP contribution in [0.1, 0.15) is 43.6 Å². The highest BCUT2D eigenvalue weighted by atomic mass is 35.5. The molecule has 0 amide bonds. The van der Waals surface area contributed by atoms with Gasteiger partial charge < -0.3 is 17.3 Å². The third-order valence-corrected chi connectivity index (χ3v) is 6.89. The lowest BCUT2D eigenvalue weighted by atomic mass is 10.0. The fourth-order valence-corrected chi connectivity index (χ4v) is 4.99. The lowest BCUT2D eigenvalue weighted by Gasteiger charge is -2.21. The number of hydrogen-bond donors (Lipinski definition) is 0. The lowest BCUT2D eigenvalue weighted by Crippen LogP contribution is -3.00. The van der Waals surface area contributed by atoms with Crippen LogP contribution in [0.3, 0.4) is 0 Å². The van der Waals surface area contributed by atoms with Crippen LogP contribution in [-0.2, 0) is 12.8 Å². The lowest BCUT2D eigenvalue weighted by molar-refractivity contribution is -0.00000754. The van der Waals surface area contributed by atoms with Gasteiger partial charge in [-0.25, -0.2) is 9.07 Å². The van der Waals surface area contributed by atoms with E-state index >= 15 is 0 Å². The van der Waals surface area contributed by atoms with Crippen LogP contribution in [0.25, 0.3) is 10.8 Å². The van der Waals surface area contributed by atoms with E-state index in [1.165, 1.54) is 17.7 Å². The molecule has 1 atom stereocenters. The zero-order chi connectivity index (χ0) is 23.3. The molecule has 3 aromatic carbocycles. The van der Waals surface area contributed by atoms with Crippen LogP contribution >= 0.6 is 0 Å². The third kappa shape index (κ3) is 5.98. The summed E-state index contributed by atoms with van der Waals surface area (Å²) in [6.45, 7) is 3.05. The first-order chi connectivity index (χ1) is 16.7. The molecular formula is C29H31ClFN3O. The Hall–Kier alpha value is -3.02. The van der Waals surface area contributed by atoms with Gasteiger partial charge in [-0.3, -0.25) is 4.79 Å². The standard InChI is InChI=1S/C29H30FN3O.ClH/c30-24-14-12-23(13-15-24)21-28-26-10-4-5-11-27(26)29(34)33(31-28)25-9-6-18-32(20-17-25)19-16-22-7-2-1-3-8-22;/h1-5,7-8,10-15,25H,6,9,16-21H2;1H. The molecule has 0 spiro atoms. The molecule has 1 saturated heterocycles. The van der Waals surface area contributed by atoms with Gasteiger partial charge in [-0.15, -0.1) is 0 Å². The number of benzene rings is 3. The molecule has 182 valence electrons. The Morgan fingerprint density at radius 2 is 1.57 bits per heavy atom. The number of fused-ring (bicyclic) bond motifs is 1. The first-order valence-electron chi connectivity index (χ1n) is 12.2. The Bertz CT molecular complexity index is 1310. The van der Waals surface area contributed by atoms with Crippen LogP contribution in [0.15, 0.2) is 83.7 Å². The maximum absolute atomic E-state index is 13.4. The van der Waals surface area contributed by atoms with Crippen molar-refractivity contribution in [2.24, 2.45) is 0 Å². The summed E-state index contributed by atoms with van der Waals surface area (Å²) in [5.74, 6) is -0.248. The molecule has 1 unspecified atom stereocenters. The van der Waals surface area contributed by atoms with Crippen molar-refractivity contribution in [1.29, 1.82) is 0 Å². The molecule has 0 saturated carbocycles. The predicted molar refractivity (Wildman–Crippen MR) is 136 cm³/mol. The maximum Gasteiger partial charge on any atom is 1.00 e. The van der Waals surface area contributed by atoms with Crippen LogP contribution in [0.4, 0.5) is 4.39 Å². The normalized spacial score (nSPS) is 16.5. The second kappa shape index (κ2) is 11.6. The van der Waals surface area contributed by atoms with Crippen molar-refractivity contribution < 1.29 is 18.2 Å². The summed E-state index contributed by atoms with van der Waals surface area (Å²) in [7, 11) is 0. The van der Waals surface area contributed by atoms with Crippen LogP contribution < -0.4 is 18.0 Å². The Labute approximate surface area is 213 Å². The summed E-state index contributed by atoms with van der Waals surface area (Å²) >= 11 is 0. The molecule has 4 aromatic rings. The first-order valence-corrected chi connectivity index (χ1v) is 12.2. The van der Waals surface area contributed by atoms with E-state index in [0.717, 1.165) is 62.0 Å². The van der Waals surface area contributed by atoms with Gasteiger partial charge in [0.05, 0.1) is 17.1 Å². The van der Waals surface area contributed by atoms with Gasteiger partial charge in [0.25, 0.3) is 5.56 Å². The highest BCUT2D eigenvalue weighted by Gasteiger charge is 2.22. The summed E-state index contributed by atoms with van der Waals surface area (Å²) in [5, 5.41) is 6.48. The predicted octanol–water partition coefficient (Wildman–Crippen LogP) is 2.51. The Morgan fingerprint density at radius 1 is 0.857 bits per heavy atom. The molecule has 2 heterocycles. The monoisotopic (exact) mass is 491 g/mol. The van der Waals surface area contributed by atoms with E-state index in [2.05, 4.69) is 35.2 Å². The minimum Gasteiger partial charge on any atom is -1.00 e. The van der Waals surface area contributed by atoms with Crippen molar-refractivity contribution in [3.8, 4) is 0 Å². The SMILES string of the molecule is O=c1c2ccccc2c(Cc2ccc(F)cc2)nn1C1CCCN(CCc2ccccc2)CC1.[Cl-].[H+]. The second-order valence-corrected chi connectivity index (χ2v) is 9.21. The molecule has 0 radical (unpaired) electrons. The van der Waals surface area contributed by atoms with Crippen molar-refractivity contribution in [2.45, 2.75) is 38.1 Å². The minimum absolute atomic E-state index is 0. The molecule has 0 N–H and O–H groups in total. The average molecular weight is 492 g/mol. The van der Waals surface area contributed by atoms with E-state index in [4.69, 9.17) is 5.10 Å². The van der Waals surface area contributed by atoms with Crippen molar-refractivity contribution in [3.05, 3.63) is 112 Å². The van der Waals surface area contributed by atoms with Crippen LogP contribution in [0.2, 0.25) is 0 Å². The van der Waals surface area contributed by atoms with Crippen molar-refractivity contribution >= 4 is 10.8 Å². The van der Waals surface area contributed by atoms with Crippen molar-refractivity contribution in [2.75, 3.05) is 19.6 Å². The number of aromatic nitrogens is 2. The number of likely N-dealkylation sites (tertiary alicyclic amines) is 1. The van der Waals surface area contributed by atoms with Gasteiger partial charge in [0.1, 0.15) is 5.82 Å². The Kier molecular flexibility index (Phi) is 8.32. The van der Waals surface area contributed by atoms with E-state index in [1.807, 2.05) is 24.3 Å². The van der Waals surface area contributed by atoms with Crippen LogP contribution in [-0.4, -0.2) is 34.3 Å². The van der Waals surface area contributed by atoms with E-state index in [0.29, 0.717) is 11.8 Å². The van der Waals surface area contributed by atoms with Crippen molar-refractivity contribution in [3.63, 3.8) is 0 Å². The fraction of sp³-hybridized carbons (Fsp3) is 0.310. The minimum atomic E-state index is -0.248. The summed E-state index contributed by atoms with van der Waals surface area (Å²) in [6.07, 6.45) is 4.52. The zero-order valence-corrected chi connectivity index (χ0v) is 20.5.